The van der Waals surface area contributed by atoms with Crippen LogP contribution in [0.15, 0.2) is 122 Å². The van der Waals surface area contributed by atoms with Crippen LogP contribution in [0.2, 0.25) is 0 Å². The molecule has 0 aromatic rings. The number of aliphatic hydroxyl groups excluding tert-OH is 1. The second-order valence-electron chi connectivity index (χ2n) is 27.0. The maximum atomic E-state index is 13.1. The second-order valence-corrected chi connectivity index (χ2v) is 29.9. The van der Waals surface area contributed by atoms with Crippen LogP contribution in [-0.4, -0.2) is 96.7 Å². The van der Waals surface area contributed by atoms with Gasteiger partial charge in [-0.2, -0.15) is 0 Å². The monoisotopic (exact) mass is 1500 g/mol. The first-order chi connectivity index (χ1) is 50.7. The third kappa shape index (κ3) is 75.7. The standard InChI is InChI=1S/C85H146O17P2/c1-5-9-13-17-21-25-29-33-37-39-43-47-51-55-59-63-67-71-84(89)101-80(75-95-82(87)69-65-61-57-53-49-45-41-35-31-27-23-19-15-11-7-3)77-99-103(91,92)97-73-79(86)74-98-104(93,94)100-78-81(76-96-83(88)70-66-62-58-54-50-46-42-36-32-28-24-20-16-12-8-4)102-85(90)72-68-64-60-56-52-48-44-40-38-34-30-26-22-18-14-10-6-2/h21-22,25-28,31-34,37-38,43-44,47-48,55-56,59-60,79-81,86H,5-20,23-24,29-30,35-36,39-42,45-46,49-54,57-58,61-78H2,1-4H3,(H,91,92)(H,93,94)/b25-21-,26-22-,31-27-,32-28-,37-33-,38-34-,47-43-,48-44-,59-55-,60-56-/t80-,81-/m1/s1. The number of hydrogen-bond acceptors (Lipinski definition) is 15. The van der Waals surface area contributed by atoms with Gasteiger partial charge < -0.3 is 33.8 Å². The lowest BCUT2D eigenvalue weighted by atomic mass is 10.1. The lowest BCUT2D eigenvalue weighted by molar-refractivity contribution is -0.161. The zero-order chi connectivity index (χ0) is 76.0. The first kappa shape index (κ1) is 99.5. The van der Waals surface area contributed by atoms with Gasteiger partial charge in [-0.05, 0) is 154 Å². The minimum Gasteiger partial charge on any atom is -0.462 e. The molecule has 598 valence electrons. The third-order valence-corrected chi connectivity index (χ3v) is 18.8. The average Bonchev–Trinajstić information content (AvgIpc) is 0.907. The molecular formula is C85H146O17P2. The molecule has 0 spiro atoms. The van der Waals surface area contributed by atoms with Crippen molar-refractivity contribution in [2.75, 3.05) is 39.6 Å². The van der Waals surface area contributed by atoms with Crippen LogP contribution in [0.3, 0.4) is 0 Å². The van der Waals surface area contributed by atoms with E-state index in [1.807, 2.05) is 24.3 Å². The lowest BCUT2D eigenvalue weighted by Gasteiger charge is -2.21. The van der Waals surface area contributed by atoms with Crippen molar-refractivity contribution in [2.24, 2.45) is 0 Å². The molecule has 3 N–H and O–H groups in total. The minimum absolute atomic E-state index is 0.0156. The summed E-state index contributed by atoms with van der Waals surface area (Å²) < 4.78 is 68.5. The fraction of sp³-hybridized carbons (Fsp3) is 0.718. The Kier molecular flexibility index (Phi) is 73.3. The third-order valence-electron chi connectivity index (χ3n) is 16.9. The number of allylic oxidation sites excluding steroid dienone is 20. The number of esters is 4. The van der Waals surface area contributed by atoms with Crippen LogP contribution in [0.4, 0.5) is 0 Å². The van der Waals surface area contributed by atoms with Crippen LogP contribution in [0, 0.1) is 0 Å². The van der Waals surface area contributed by atoms with E-state index in [-0.39, 0.29) is 25.7 Å². The summed E-state index contributed by atoms with van der Waals surface area (Å²) in [6.45, 7) is 4.68. The molecule has 0 amide bonds. The molecule has 19 heteroatoms. The van der Waals surface area contributed by atoms with Gasteiger partial charge in [-0.15, -0.1) is 0 Å². The van der Waals surface area contributed by atoms with E-state index < -0.39 is 97.5 Å². The van der Waals surface area contributed by atoms with Gasteiger partial charge in [-0.1, -0.05) is 278 Å². The lowest BCUT2D eigenvalue weighted by Crippen LogP contribution is -2.30. The molecule has 0 rings (SSSR count). The van der Waals surface area contributed by atoms with Crippen LogP contribution in [-0.2, 0) is 65.4 Å². The first-order valence-electron chi connectivity index (χ1n) is 40.8. The second kappa shape index (κ2) is 76.6. The van der Waals surface area contributed by atoms with Crippen LogP contribution >= 0.6 is 15.6 Å². The molecular weight excluding hydrogens is 1350 g/mol. The maximum absolute atomic E-state index is 13.1. The highest BCUT2D eigenvalue weighted by atomic mass is 31.2. The Bertz CT molecular complexity index is 2280. The molecule has 4 atom stereocenters. The topological polar surface area (TPSA) is 237 Å². The van der Waals surface area contributed by atoms with Gasteiger partial charge in [0.1, 0.15) is 19.3 Å². The number of aliphatic hydroxyl groups is 1. The van der Waals surface area contributed by atoms with E-state index in [4.69, 9.17) is 37.0 Å². The highest BCUT2D eigenvalue weighted by Crippen LogP contribution is 2.45. The Morgan fingerprint density at radius 3 is 0.779 bits per heavy atom. The van der Waals surface area contributed by atoms with Crippen molar-refractivity contribution in [2.45, 2.75) is 354 Å². The van der Waals surface area contributed by atoms with E-state index in [2.05, 4.69) is 125 Å². The van der Waals surface area contributed by atoms with E-state index in [1.165, 1.54) is 116 Å². The molecule has 0 saturated carbocycles. The molecule has 0 saturated heterocycles. The number of ether oxygens (including phenoxy) is 4. The van der Waals surface area contributed by atoms with Crippen molar-refractivity contribution in [1.82, 2.24) is 0 Å². The van der Waals surface area contributed by atoms with E-state index >= 15 is 0 Å². The van der Waals surface area contributed by atoms with Crippen LogP contribution < -0.4 is 0 Å². The highest BCUT2D eigenvalue weighted by molar-refractivity contribution is 7.47. The van der Waals surface area contributed by atoms with Gasteiger partial charge in [0.15, 0.2) is 12.2 Å². The van der Waals surface area contributed by atoms with Crippen molar-refractivity contribution in [3.63, 3.8) is 0 Å². The predicted octanol–water partition coefficient (Wildman–Crippen LogP) is 23.9. The summed E-state index contributed by atoms with van der Waals surface area (Å²) in [6.07, 6.45) is 84.7. The smallest absolute Gasteiger partial charge is 0.462 e. The van der Waals surface area contributed by atoms with E-state index in [0.29, 0.717) is 38.5 Å². The number of phosphoric acid groups is 2. The largest absolute Gasteiger partial charge is 0.472 e. The Morgan fingerprint density at radius 1 is 0.269 bits per heavy atom. The van der Waals surface area contributed by atoms with E-state index in [1.54, 1.807) is 0 Å². The predicted molar refractivity (Wildman–Crippen MR) is 427 cm³/mol. The van der Waals surface area contributed by atoms with Crippen LogP contribution in [0.25, 0.3) is 0 Å². The number of phosphoric ester groups is 2. The SMILES string of the molecule is CCCCC/C=C\C/C=C\C/C=C\C/C=C\CCCC(=O)O[C@H](COC(=O)CCCCCCCCC/C=C\CCCCCC)COP(=O)(O)OCC(O)COP(=O)(O)OC[C@@H](COC(=O)CCCCCCCCC/C=C\CCCCCC)OC(=O)CCC/C=C\C/C=C\C/C=C\C/C=C\CCCCC. The Balaban J connectivity index is 5.47. The number of carbonyl (C=O) groups is 4. The Morgan fingerprint density at radius 2 is 0.481 bits per heavy atom. The van der Waals surface area contributed by atoms with Gasteiger partial charge in [-0.25, -0.2) is 9.13 Å². The summed E-state index contributed by atoms with van der Waals surface area (Å²) in [5, 5.41) is 10.6. The first-order valence-corrected chi connectivity index (χ1v) is 43.8. The molecule has 17 nitrogen and oxygen atoms in total. The quantitative estimate of drug-likeness (QED) is 0.0169. The number of unbranched alkanes of at least 4 members (excludes halogenated alkanes) is 30. The van der Waals surface area contributed by atoms with Gasteiger partial charge in [0.2, 0.25) is 0 Å². The molecule has 0 aliphatic rings. The summed E-state index contributed by atoms with van der Waals surface area (Å²) in [5.41, 5.74) is 0. The normalized spacial score (nSPS) is 14.5. The molecule has 2 unspecified atom stereocenters. The Labute approximate surface area is 632 Å². The molecule has 0 aliphatic carbocycles. The van der Waals surface area contributed by atoms with E-state index in [0.717, 1.165) is 128 Å². The van der Waals surface area contributed by atoms with Crippen LogP contribution in [0.1, 0.15) is 336 Å². The van der Waals surface area contributed by atoms with Gasteiger partial charge in [0.25, 0.3) is 0 Å². The fourth-order valence-corrected chi connectivity index (χ4v) is 12.2. The molecule has 0 heterocycles. The summed E-state index contributed by atoms with van der Waals surface area (Å²) in [4.78, 5) is 73.0. The summed E-state index contributed by atoms with van der Waals surface area (Å²) >= 11 is 0. The molecule has 0 radical (unpaired) electrons. The molecule has 0 bridgehead atoms. The molecule has 0 aromatic carbocycles. The van der Waals surface area contributed by atoms with Gasteiger partial charge in [0.05, 0.1) is 26.4 Å². The van der Waals surface area contributed by atoms with Gasteiger partial charge in [0, 0.05) is 25.7 Å². The average molecular weight is 1500 g/mol. The summed E-state index contributed by atoms with van der Waals surface area (Å²) in [6, 6.07) is 0. The summed E-state index contributed by atoms with van der Waals surface area (Å²) in [7, 11) is -10.00. The number of hydrogen-bond donors (Lipinski definition) is 3. The van der Waals surface area contributed by atoms with Crippen molar-refractivity contribution in [3.8, 4) is 0 Å². The molecule has 104 heavy (non-hydrogen) atoms. The van der Waals surface area contributed by atoms with Gasteiger partial charge in [-0.3, -0.25) is 37.3 Å². The minimum atomic E-state index is -5.00. The summed E-state index contributed by atoms with van der Waals surface area (Å²) in [5.74, 6) is -2.31. The number of rotatable bonds is 76. The van der Waals surface area contributed by atoms with Crippen molar-refractivity contribution >= 4 is 39.5 Å². The maximum Gasteiger partial charge on any atom is 0.472 e. The van der Waals surface area contributed by atoms with Gasteiger partial charge >= 0.3 is 39.5 Å². The fourth-order valence-electron chi connectivity index (χ4n) is 10.6. The van der Waals surface area contributed by atoms with Crippen molar-refractivity contribution in [3.05, 3.63) is 122 Å². The zero-order valence-electron chi connectivity index (χ0n) is 65.4. The van der Waals surface area contributed by atoms with Crippen molar-refractivity contribution in [1.29, 1.82) is 0 Å². The van der Waals surface area contributed by atoms with E-state index in [9.17, 15) is 43.2 Å². The molecule has 0 fully saturated rings. The van der Waals surface area contributed by atoms with Crippen LogP contribution in [0.5, 0.6) is 0 Å². The molecule has 0 aromatic heterocycles. The zero-order valence-corrected chi connectivity index (χ0v) is 67.2. The highest BCUT2D eigenvalue weighted by Gasteiger charge is 2.30. The number of carbonyl (C=O) groups excluding carboxylic acids is 4. The Hall–Kier alpha value is -4.54. The van der Waals surface area contributed by atoms with Crippen molar-refractivity contribution < 1.29 is 80.2 Å². The molecule has 0 aliphatic heterocycles.